The lowest BCUT2D eigenvalue weighted by Crippen LogP contribution is -2.33. The zero-order valence-electron chi connectivity index (χ0n) is 14.4. The second kappa shape index (κ2) is 7.49. The van der Waals surface area contributed by atoms with Crippen molar-refractivity contribution in [2.75, 3.05) is 0 Å². The number of thioether (sulfide) groups is 1. The van der Waals surface area contributed by atoms with Crippen molar-refractivity contribution in [3.05, 3.63) is 91.3 Å². The van der Waals surface area contributed by atoms with Gasteiger partial charge in [-0.2, -0.15) is 0 Å². The number of H-pyrrole nitrogens is 1. The summed E-state index contributed by atoms with van der Waals surface area (Å²) in [6, 6.07) is 17.0. The summed E-state index contributed by atoms with van der Waals surface area (Å²) < 4.78 is 0.980. The van der Waals surface area contributed by atoms with E-state index in [1.807, 2.05) is 36.4 Å². The summed E-state index contributed by atoms with van der Waals surface area (Å²) in [6.07, 6.45) is 0. The Balaban J connectivity index is 1.76. The summed E-state index contributed by atoms with van der Waals surface area (Å²) in [4.78, 5) is 40.2. The summed E-state index contributed by atoms with van der Waals surface area (Å²) in [5.74, 6) is -0.440. The zero-order valence-corrected chi connectivity index (χ0v) is 16.0. The van der Waals surface area contributed by atoms with Gasteiger partial charge in [0, 0.05) is 16.0 Å². The largest absolute Gasteiger partial charge is 0.477 e. The normalized spacial score (nSPS) is 11.0. The average Bonchev–Trinajstić information content (AvgIpc) is 3.12. The number of rotatable bonds is 5. The van der Waals surface area contributed by atoms with Crippen LogP contribution < -0.4 is 11.2 Å². The molecule has 0 bridgehead atoms. The van der Waals surface area contributed by atoms with Crippen LogP contribution in [0.25, 0.3) is 16.6 Å². The van der Waals surface area contributed by atoms with Crippen molar-refractivity contribution in [2.45, 2.75) is 10.6 Å². The van der Waals surface area contributed by atoms with Crippen LogP contribution in [0.3, 0.4) is 0 Å². The molecule has 140 valence electrons. The molecule has 0 saturated heterocycles. The molecule has 28 heavy (non-hydrogen) atoms. The van der Waals surface area contributed by atoms with E-state index in [1.165, 1.54) is 10.9 Å². The number of nitrogens with zero attached hydrogens (tertiary/aromatic N) is 1. The first-order valence-electron chi connectivity index (χ1n) is 8.31. The second-order valence-electron chi connectivity index (χ2n) is 6.00. The molecule has 2 heterocycles. The lowest BCUT2D eigenvalue weighted by atomic mass is 10.2. The molecule has 8 heteroatoms. The maximum absolute atomic E-state index is 12.9. The number of benzene rings is 2. The third-order valence-electron chi connectivity index (χ3n) is 4.17. The third-order valence-corrected chi connectivity index (χ3v) is 6.20. The molecule has 0 unspecified atom stereocenters. The molecule has 4 aromatic rings. The number of aromatic nitrogens is 2. The van der Waals surface area contributed by atoms with Gasteiger partial charge in [0.25, 0.3) is 5.56 Å². The molecule has 0 spiro atoms. The zero-order chi connectivity index (χ0) is 19.7. The van der Waals surface area contributed by atoms with Crippen molar-refractivity contribution in [1.29, 1.82) is 0 Å². The minimum Gasteiger partial charge on any atom is -0.477 e. The van der Waals surface area contributed by atoms with E-state index in [2.05, 4.69) is 4.98 Å². The molecule has 0 saturated carbocycles. The molecule has 4 rings (SSSR count). The minimum absolute atomic E-state index is 0.0134. The molecule has 0 aliphatic carbocycles. The number of hydrogen-bond donors (Lipinski definition) is 2. The lowest BCUT2D eigenvalue weighted by molar-refractivity contribution is 0.0704. The van der Waals surface area contributed by atoms with Gasteiger partial charge in [0.15, 0.2) is 0 Å². The van der Waals surface area contributed by atoms with Crippen LogP contribution in [0, 0.1) is 0 Å². The Kier molecular flexibility index (Phi) is 4.89. The van der Waals surface area contributed by atoms with Gasteiger partial charge in [-0.3, -0.25) is 4.79 Å². The molecule has 6 nitrogen and oxygen atoms in total. The maximum atomic E-state index is 12.9. The fourth-order valence-electron chi connectivity index (χ4n) is 2.88. The first kappa shape index (κ1) is 18.3. The predicted molar refractivity (Wildman–Crippen MR) is 111 cm³/mol. The number of carbonyl (C=O) groups is 1. The Hall–Kier alpha value is -3.10. The topological polar surface area (TPSA) is 92.2 Å². The quantitative estimate of drug-likeness (QED) is 0.489. The molecule has 2 N–H and O–H groups in total. The van der Waals surface area contributed by atoms with Crippen LogP contribution in [0.5, 0.6) is 0 Å². The number of aromatic amines is 1. The molecule has 0 atom stereocenters. The highest BCUT2D eigenvalue weighted by Gasteiger charge is 2.19. The summed E-state index contributed by atoms with van der Waals surface area (Å²) in [5, 5.41) is 10.8. The van der Waals surface area contributed by atoms with Crippen LogP contribution in [-0.2, 0) is 5.75 Å². The first-order chi connectivity index (χ1) is 13.5. The van der Waals surface area contributed by atoms with E-state index in [4.69, 9.17) is 0 Å². The van der Waals surface area contributed by atoms with Crippen LogP contribution in [-0.4, -0.2) is 20.6 Å². The Morgan fingerprint density at radius 2 is 1.89 bits per heavy atom. The molecule has 0 radical (unpaired) electrons. The van der Waals surface area contributed by atoms with Gasteiger partial charge in [-0.15, -0.1) is 23.1 Å². The molecule has 2 aromatic heterocycles. The SMILES string of the molecule is O=C(O)c1scc2[nH]c(=O)n(-c3cccc(SCc4ccccc4)c3)c(=O)c12. The molecule has 2 aromatic carbocycles. The van der Waals surface area contributed by atoms with Gasteiger partial charge in [-0.25, -0.2) is 14.2 Å². The number of carboxylic acid groups (broad SMARTS) is 1. The Bertz CT molecular complexity index is 1290. The van der Waals surface area contributed by atoms with Crippen molar-refractivity contribution in [3.8, 4) is 5.69 Å². The van der Waals surface area contributed by atoms with Crippen molar-refractivity contribution >= 4 is 40.0 Å². The fraction of sp³-hybridized carbons (Fsp3) is 0.0500. The predicted octanol–water partition coefficient (Wildman–Crippen LogP) is 3.73. The van der Waals surface area contributed by atoms with Gasteiger partial charge in [0.1, 0.15) is 4.88 Å². The average molecular weight is 410 g/mol. The molecule has 0 aliphatic heterocycles. The number of fused-ring (bicyclic) bond motifs is 1. The van der Waals surface area contributed by atoms with Crippen molar-refractivity contribution in [2.24, 2.45) is 0 Å². The number of thiophene rings is 1. The number of aromatic carboxylic acids is 1. The molecule has 0 amide bonds. The van der Waals surface area contributed by atoms with E-state index in [0.717, 1.165) is 26.6 Å². The lowest BCUT2D eigenvalue weighted by Gasteiger charge is -2.08. The van der Waals surface area contributed by atoms with Crippen LogP contribution in [0.1, 0.15) is 15.2 Å². The summed E-state index contributed by atoms with van der Waals surface area (Å²) in [7, 11) is 0. The van der Waals surface area contributed by atoms with Crippen molar-refractivity contribution < 1.29 is 9.90 Å². The van der Waals surface area contributed by atoms with E-state index in [0.29, 0.717) is 5.69 Å². The van der Waals surface area contributed by atoms with E-state index in [1.54, 1.807) is 30.0 Å². The van der Waals surface area contributed by atoms with Crippen LogP contribution in [0.2, 0.25) is 0 Å². The number of nitrogens with one attached hydrogen (secondary N) is 1. The third kappa shape index (κ3) is 3.39. The highest BCUT2D eigenvalue weighted by molar-refractivity contribution is 7.98. The van der Waals surface area contributed by atoms with E-state index < -0.39 is 17.2 Å². The van der Waals surface area contributed by atoms with Crippen molar-refractivity contribution in [3.63, 3.8) is 0 Å². The van der Waals surface area contributed by atoms with E-state index >= 15 is 0 Å². The Labute approximate surface area is 167 Å². The first-order valence-corrected chi connectivity index (χ1v) is 10.2. The van der Waals surface area contributed by atoms with Gasteiger partial charge in [0.2, 0.25) is 0 Å². The van der Waals surface area contributed by atoms with Crippen LogP contribution >= 0.6 is 23.1 Å². The molecule has 0 fully saturated rings. The van der Waals surface area contributed by atoms with Gasteiger partial charge in [0.05, 0.1) is 16.6 Å². The number of hydrogen-bond acceptors (Lipinski definition) is 5. The Morgan fingerprint density at radius 1 is 1.11 bits per heavy atom. The smallest absolute Gasteiger partial charge is 0.346 e. The van der Waals surface area contributed by atoms with Gasteiger partial charge >= 0.3 is 11.7 Å². The van der Waals surface area contributed by atoms with Crippen LogP contribution in [0.15, 0.2) is 74.5 Å². The molecular formula is C20H14N2O4S2. The van der Waals surface area contributed by atoms with Gasteiger partial charge in [-0.05, 0) is 23.8 Å². The number of carboxylic acids is 1. The van der Waals surface area contributed by atoms with Gasteiger partial charge in [-0.1, -0.05) is 36.4 Å². The van der Waals surface area contributed by atoms with E-state index in [9.17, 15) is 19.5 Å². The van der Waals surface area contributed by atoms with Crippen LogP contribution in [0.4, 0.5) is 0 Å². The Morgan fingerprint density at radius 3 is 2.64 bits per heavy atom. The fourth-order valence-corrected chi connectivity index (χ4v) is 4.62. The standard InChI is InChI=1S/C20H14N2O4S2/c23-18-16-15(11-28-17(16)19(24)25)21-20(26)22(18)13-7-4-8-14(9-13)27-10-12-5-2-1-3-6-12/h1-9,11H,10H2,(H,21,26)(H,24,25). The van der Waals surface area contributed by atoms with Crippen molar-refractivity contribution in [1.82, 2.24) is 9.55 Å². The highest BCUT2D eigenvalue weighted by Crippen LogP contribution is 2.25. The highest BCUT2D eigenvalue weighted by atomic mass is 32.2. The minimum atomic E-state index is -1.19. The summed E-state index contributed by atoms with van der Waals surface area (Å²) in [6.45, 7) is 0. The second-order valence-corrected chi connectivity index (χ2v) is 7.93. The van der Waals surface area contributed by atoms with E-state index in [-0.39, 0.29) is 15.8 Å². The maximum Gasteiger partial charge on any atom is 0.346 e. The summed E-state index contributed by atoms with van der Waals surface area (Å²) >= 11 is 2.51. The summed E-state index contributed by atoms with van der Waals surface area (Å²) in [5.41, 5.74) is 0.566. The monoisotopic (exact) mass is 410 g/mol. The molecule has 0 aliphatic rings. The molecular weight excluding hydrogens is 396 g/mol. The van der Waals surface area contributed by atoms with Gasteiger partial charge < -0.3 is 10.1 Å².